The zero-order valence-corrected chi connectivity index (χ0v) is 12.5. The lowest BCUT2D eigenvalue weighted by atomic mass is 10.3. The fraction of sp³-hybridized carbons (Fsp3) is 0.143. The first-order valence-electron chi connectivity index (χ1n) is 5.96. The molecule has 0 bridgehead atoms. The summed E-state index contributed by atoms with van der Waals surface area (Å²) in [6, 6.07) is 8.77. The Morgan fingerprint density at radius 2 is 2.05 bits per heavy atom. The normalized spacial score (nSPS) is 9.90. The second kappa shape index (κ2) is 6.91. The molecule has 2 rings (SSSR count). The second-order valence-electron chi connectivity index (χ2n) is 4.01. The predicted octanol–water partition coefficient (Wildman–Crippen LogP) is 3.17. The Balaban J connectivity index is 1.90. The fourth-order valence-corrected chi connectivity index (χ4v) is 2.14. The van der Waals surface area contributed by atoms with Gasteiger partial charge in [-0.3, -0.25) is 4.98 Å². The van der Waals surface area contributed by atoms with Crippen LogP contribution in [0.4, 0.5) is 10.5 Å². The maximum absolute atomic E-state index is 11.8. The monoisotopic (exact) mass is 335 g/mol. The number of pyridine rings is 1. The van der Waals surface area contributed by atoms with Gasteiger partial charge < -0.3 is 15.4 Å². The van der Waals surface area contributed by atoms with E-state index in [1.54, 1.807) is 37.7 Å². The van der Waals surface area contributed by atoms with E-state index in [0.717, 1.165) is 10.0 Å². The van der Waals surface area contributed by atoms with Crippen LogP contribution in [0.25, 0.3) is 0 Å². The number of carbonyl (C=O) groups is 1. The molecule has 1 heterocycles. The van der Waals surface area contributed by atoms with E-state index in [0.29, 0.717) is 18.0 Å². The lowest BCUT2D eigenvalue weighted by Gasteiger charge is -2.09. The Bertz CT molecular complexity index is 590. The van der Waals surface area contributed by atoms with Crippen molar-refractivity contribution < 1.29 is 9.53 Å². The van der Waals surface area contributed by atoms with Crippen LogP contribution in [0.15, 0.2) is 47.2 Å². The average Bonchev–Trinajstić information content (AvgIpc) is 2.46. The van der Waals surface area contributed by atoms with Gasteiger partial charge in [-0.15, -0.1) is 0 Å². The summed E-state index contributed by atoms with van der Waals surface area (Å²) in [5.41, 5.74) is 1.68. The zero-order chi connectivity index (χ0) is 14.4. The third kappa shape index (κ3) is 3.96. The molecule has 104 valence electrons. The van der Waals surface area contributed by atoms with Gasteiger partial charge in [0.15, 0.2) is 0 Å². The molecule has 0 aliphatic carbocycles. The number of methoxy groups -OCH3 is 1. The molecule has 0 fully saturated rings. The number of amides is 2. The quantitative estimate of drug-likeness (QED) is 0.901. The molecule has 0 aliphatic heterocycles. The Labute approximate surface area is 125 Å². The molecule has 0 spiro atoms. The average molecular weight is 336 g/mol. The van der Waals surface area contributed by atoms with Crippen molar-refractivity contribution in [2.24, 2.45) is 0 Å². The van der Waals surface area contributed by atoms with E-state index in [4.69, 9.17) is 4.74 Å². The Hall–Kier alpha value is -2.08. The number of benzene rings is 1. The number of urea groups is 1. The van der Waals surface area contributed by atoms with E-state index in [-0.39, 0.29) is 6.03 Å². The van der Waals surface area contributed by atoms with E-state index >= 15 is 0 Å². The molecule has 2 amide bonds. The highest BCUT2D eigenvalue weighted by Gasteiger charge is 2.05. The molecule has 5 nitrogen and oxygen atoms in total. The predicted molar refractivity (Wildman–Crippen MR) is 80.8 cm³/mol. The Kier molecular flexibility index (Phi) is 4.95. The van der Waals surface area contributed by atoms with Crippen LogP contribution in [0.5, 0.6) is 5.75 Å². The lowest BCUT2D eigenvalue weighted by Crippen LogP contribution is -2.28. The van der Waals surface area contributed by atoms with Crippen LogP contribution in [0.2, 0.25) is 0 Å². The van der Waals surface area contributed by atoms with Crippen LogP contribution < -0.4 is 15.4 Å². The number of nitrogens with one attached hydrogen (secondary N) is 2. The molecule has 0 radical (unpaired) electrons. The largest absolute Gasteiger partial charge is 0.496 e. The summed E-state index contributed by atoms with van der Waals surface area (Å²) in [5.74, 6) is 0.716. The Morgan fingerprint density at radius 1 is 1.30 bits per heavy atom. The van der Waals surface area contributed by atoms with E-state index < -0.39 is 0 Å². The third-order valence-corrected chi connectivity index (χ3v) is 3.23. The minimum absolute atomic E-state index is 0.265. The number of hydrogen-bond acceptors (Lipinski definition) is 3. The number of anilines is 1. The number of rotatable bonds is 4. The summed E-state index contributed by atoms with van der Waals surface area (Å²) in [5, 5.41) is 5.52. The topological polar surface area (TPSA) is 63.2 Å². The fourth-order valence-electron chi connectivity index (χ4n) is 1.60. The van der Waals surface area contributed by atoms with Gasteiger partial charge in [0.25, 0.3) is 0 Å². The molecule has 1 aromatic carbocycles. The summed E-state index contributed by atoms with van der Waals surface area (Å²) < 4.78 is 5.91. The molecule has 0 atom stereocenters. The van der Waals surface area contributed by atoms with Gasteiger partial charge in [0.1, 0.15) is 5.75 Å². The first kappa shape index (κ1) is 14.3. The molecule has 2 N–H and O–H groups in total. The van der Waals surface area contributed by atoms with Gasteiger partial charge in [-0.1, -0.05) is 0 Å². The van der Waals surface area contributed by atoms with Crippen molar-refractivity contribution in [1.29, 1.82) is 0 Å². The molecule has 20 heavy (non-hydrogen) atoms. The van der Waals surface area contributed by atoms with Crippen molar-refractivity contribution in [2.45, 2.75) is 6.54 Å². The van der Waals surface area contributed by atoms with E-state index in [1.165, 1.54) is 0 Å². The third-order valence-electron chi connectivity index (χ3n) is 2.61. The highest BCUT2D eigenvalue weighted by atomic mass is 79.9. The summed E-state index contributed by atoms with van der Waals surface area (Å²) in [6.07, 6.45) is 3.38. The highest BCUT2D eigenvalue weighted by molar-refractivity contribution is 9.10. The first-order chi connectivity index (χ1) is 9.69. The van der Waals surface area contributed by atoms with Crippen LogP contribution in [-0.4, -0.2) is 18.1 Å². The van der Waals surface area contributed by atoms with Gasteiger partial charge in [0.05, 0.1) is 11.6 Å². The minimum atomic E-state index is -0.265. The molecular formula is C14H14BrN3O2. The number of ether oxygens (including phenoxy) is 1. The molecule has 0 saturated carbocycles. The number of carbonyl (C=O) groups excluding carboxylic acids is 1. The van der Waals surface area contributed by atoms with Crippen molar-refractivity contribution >= 4 is 27.6 Å². The van der Waals surface area contributed by atoms with Gasteiger partial charge in [-0.05, 0) is 51.8 Å². The van der Waals surface area contributed by atoms with E-state index in [9.17, 15) is 4.79 Å². The maximum Gasteiger partial charge on any atom is 0.319 e. The van der Waals surface area contributed by atoms with Gasteiger partial charge >= 0.3 is 6.03 Å². The summed E-state index contributed by atoms with van der Waals surface area (Å²) in [6.45, 7) is 0.450. The van der Waals surface area contributed by atoms with Crippen LogP contribution in [0, 0.1) is 0 Å². The van der Waals surface area contributed by atoms with Gasteiger partial charge in [0.2, 0.25) is 0 Å². The maximum atomic E-state index is 11.8. The Morgan fingerprint density at radius 3 is 2.70 bits per heavy atom. The van der Waals surface area contributed by atoms with Crippen molar-refractivity contribution in [3.63, 3.8) is 0 Å². The van der Waals surface area contributed by atoms with Gasteiger partial charge in [-0.25, -0.2) is 4.79 Å². The molecule has 0 unspecified atom stereocenters. The molecular weight excluding hydrogens is 322 g/mol. The lowest BCUT2D eigenvalue weighted by molar-refractivity contribution is 0.251. The summed E-state index contributed by atoms with van der Waals surface area (Å²) in [7, 11) is 1.59. The van der Waals surface area contributed by atoms with Crippen molar-refractivity contribution in [3.05, 3.63) is 52.8 Å². The summed E-state index contributed by atoms with van der Waals surface area (Å²) >= 11 is 3.37. The van der Waals surface area contributed by atoms with Crippen molar-refractivity contribution in [3.8, 4) is 5.75 Å². The number of halogens is 1. The van der Waals surface area contributed by atoms with Crippen LogP contribution in [0.3, 0.4) is 0 Å². The first-order valence-corrected chi connectivity index (χ1v) is 6.75. The summed E-state index contributed by atoms with van der Waals surface area (Å²) in [4.78, 5) is 15.7. The molecule has 0 aliphatic rings. The van der Waals surface area contributed by atoms with Crippen LogP contribution >= 0.6 is 15.9 Å². The number of hydrogen-bond donors (Lipinski definition) is 2. The van der Waals surface area contributed by atoms with Crippen LogP contribution in [0.1, 0.15) is 5.56 Å². The van der Waals surface area contributed by atoms with Gasteiger partial charge in [0, 0.05) is 24.6 Å². The zero-order valence-electron chi connectivity index (χ0n) is 10.9. The van der Waals surface area contributed by atoms with Gasteiger partial charge in [-0.2, -0.15) is 0 Å². The van der Waals surface area contributed by atoms with E-state index in [1.807, 2.05) is 12.1 Å². The van der Waals surface area contributed by atoms with Crippen molar-refractivity contribution in [2.75, 3.05) is 12.4 Å². The van der Waals surface area contributed by atoms with E-state index in [2.05, 4.69) is 31.5 Å². The smallest absolute Gasteiger partial charge is 0.319 e. The standard InChI is InChI=1S/C14H14BrN3O2/c1-20-13-3-2-11(8-12(13)15)18-14(19)17-9-10-4-6-16-7-5-10/h2-8H,9H2,1H3,(H2,17,18,19). The molecule has 2 aromatic rings. The van der Waals surface area contributed by atoms with Crippen LogP contribution in [-0.2, 0) is 6.54 Å². The number of nitrogens with zero attached hydrogens (tertiary/aromatic N) is 1. The minimum Gasteiger partial charge on any atom is -0.496 e. The van der Waals surface area contributed by atoms with Crippen molar-refractivity contribution in [1.82, 2.24) is 10.3 Å². The molecule has 0 saturated heterocycles. The molecule has 1 aromatic heterocycles. The number of aromatic nitrogens is 1. The second-order valence-corrected chi connectivity index (χ2v) is 4.87. The SMILES string of the molecule is COc1ccc(NC(=O)NCc2ccncc2)cc1Br. The molecule has 6 heteroatoms. The highest BCUT2D eigenvalue weighted by Crippen LogP contribution is 2.27.